The van der Waals surface area contributed by atoms with Crippen molar-refractivity contribution in [2.24, 2.45) is 0 Å². The zero-order valence-electron chi connectivity index (χ0n) is 9.81. The van der Waals surface area contributed by atoms with Gasteiger partial charge in [0.15, 0.2) is 5.82 Å². The van der Waals surface area contributed by atoms with E-state index in [1.165, 1.54) is 6.07 Å². The molecule has 1 nitrogen and oxygen atoms in total. The fraction of sp³-hybridized carbons (Fsp3) is 0.308. The Hall–Kier alpha value is -0.860. The molecule has 4 heteroatoms. The predicted molar refractivity (Wildman–Crippen MR) is 70.4 cm³/mol. The summed E-state index contributed by atoms with van der Waals surface area (Å²) in [6.07, 6.45) is 0. The van der Waals surface area contributed by atoms with Crippen molar-refractivity contribution in [1.82, 2.24) is 4.98 Å². The highest BCUT2D eigenvalue weighted by molar-refractivity contribution is 6.32. The van der Waals surface area contributed by atoms with Crippen molar-refractivity contribution >= 4 is 34.1 Å². The maximum atomic E-state index is 13.8. The molecule has 0 fully saturated rings. The van der Waals surface area contributed by atoms with Crippen LogP contribution in [0.4, 0.5) is 4.39 Å². The van der Waals surface area contributed by atoms with Gasteiger partial charge in [0.2, 0.25) is 0 Å². The van der Waals surface area contributed by atoms with Crippen LogP contribution in [0.25, 0.3) is 10.9 Å². The Kier molecular flexibility index (Phi) is 3.04. The SMILES string of the molecule is CC(C)(C)c1cc2ccc(Cl)c(F)c2nc1Cl. The third-order valence-corrected chi connectivity index (χ3v) is 3.22. The largest absolute Gasteiger partial charge is 0.233 e. The molecule has 0 unspecified atom stereocenters. The second-order valence-electron chi connectivity index (χ2n) is 5.01. The topological polar surface area (TPSA) is 12.9 Å². The summed E-state index contributed by atoms with van der Waals surface area (Å²) in [5.41, 5.74) is 0.984. The summed E-state index contributed by atoms with van der Waals surface area (Å²) < 4.78 is 13.8. The van der Waals surface area contributed by atoms with Crippen molar-refractivity contribution in [1.29, 1.82) is 0 Å². The molecular weight excluding hydrogens is 260 g/mol. The Balaban J connectivity index is 2.80. The van der Waals surface area contributed by atoms with Crippen LogP contribution in [-0.4, -0.2) is 4.98 Å². The molecule has 1 aromatic carbocycles. The lowest BCUT2D eigenvalue weighted by Crippen LogP contribution is -2.12. The lowest BCUT2D eigenvalue weighted by Gasteiger charge is -2.20. The molecule has 0 spiro atoms. The van der Waals surface area contributed by atoms with Crippen molar-refractivity contribution in [3.8, 4) is 0 Å². The lowest BCUT2D eigenvalue weighted by molar-refractivity contribution is 0.588. The third-order valence-electron chi connectivity index (χ3n) is 2.64. The van der Waals surface area contributed by atoms with Crippen molar-refractivity contribution in [3.63, 3.8) is 0 Å². The van der Waals surface area contributed by atoms with E-state index < -0.39 is 5.82 Å². The van der Waals surface area contributed by atoms with Gasteiger partial charge in [0, 0.05) is 5.39 Å². The van der Waals surface area contributed by atoms with Gasteiger partial charge in [-0.2, -0.15) is 0 Å². The fourth-order valence-corrected chi connectivity index (χ4v) is 2.26. The van der Waals surface area contributed by atoms with Gasteiger partial charge in [-0.3, -0.25) is 0 Å². The molecule has 0 aliphatic heterocycles. The molecule has 0 N–H and O–H groups in total. The summed E-state index contributed by atoms with van der Waals surface area (Å²) in [6, 6.07) is 5.14. The van der Waals surface area contributed by atoms with Gasteiger partial charge in [-0.1, -0.05) is 50.0 Å². The van der Waals surface area contributed by atoms with Crippen molar-refractivity contribution in [2.45, 2.75) is 26.2 Å². The van der Waals surface area contributed by atoms with E-state index in [4.69, 9.17) is 23.2 Å². The van der Waals surface area contributed by atoms with Crippen LogP contribution in [0.3, 0.4) is 0 Å². The first-order chi connectivity index (χ1) is 7.80. The third kappa shape index (κ3) is 2.24. The molecule has 0 aliphatic rings. The van der Waals surface area contributed by atoms with Crippen LogP contribution in [0.2, 0.25) is 10.2 Å². The fourth-order valence-electron chi connectivity index (χ4n) is 1.68. The quantitative estimate of drug-likeness (QED) is 0.616. The second-order valence-corrected chi connectivity index (χ2v) is 5.78. The van der Waals surface area contributed by atoms with E-state index in [1.807, 2.05) is 26.8 Å². The Labute approximate surface area is 110 Å². The average Bonchev–Trinajstić information content (AvgIpc) is 2.22. The highest BCUT2D eigenvalue weighted by Gasteiger charge is 2.20. The van der Waals surface area contributed by atoms with Gasteiger partial charge in [-0.25, -0.2) is 9.37 Å². The van der Waals surface area contributed by atoms with Crippen molar-refractivity contribution < 1.29 is 4.39 Å². The molecule has 90 valence electrons. The number of fused-ring (bicyclic) bond motifs is 1. The predicted octanol–water partition coefficient (Wildman–Crippen LogP) is 4.98. The molecule has 2 aromatic rings. The van der Waals surface area contributed by atoms with E-state index in [-0.39, 0.29) is 16.0 Å². The molecule has 0 radical (unpaired) electrons. The summed E-state index contributed by atoms with van der Waals surface area (Å²) >= 11 is 11.8. The van der Waals surface area contributed by atoms with E-state index in [9.17, 15) is 4.39 Å². The van der Waals surface area contributed by atoms with Crippen LogP contribution < -0.4 is 0 Å². The first-order valence-electron chi connectivity index (χ1n) is 5.25. The van der Waals surface area contributed by atoms with E-state index in [2.05, 4.69) is 4.98 Å². The molecule has 1 aromatic heterocycles. The molecule has 17 heavy (non-hydrogen) atoms. The van der Waals surface area contributed by atoms with Crippen LogP contribution in [0, 0.1) is 5.82 Å². The summed E-state index contributed by atoms with van der Waals surface area (Å²) in [6.45, 7) is 6.11. The molecule has 0 amide bonds. The van der Waals surface area contributed by atoms with Gasteiger partial charge in [-0.05, 0) is 23.1 Å². The molecule has 0 saturated carbocycles. The van der Waals surface area contributed by atoms with E-state index in [0.29, 0.717) is 10.5 Å². The Morgan fingerprint density at radius 2 is 1.82 bits per heavy atom. The Bertz CT molecular complexity index is 588. The van der Waals surface area contributed by atoms with E-state index in [1.54, 1.807) is 6.07 Å². The first-order valence-corrected chi connectivity index (χ1v) is 6.01. The number of hydrogen-bond acceptors (Lipinski definition) is 1. The number of halogens is 3. The van der Waals surface area contributed by atoms with Crippen molar-refractivity contribution in [2.75, 3.05) is 0 Å². The highest BCUT2D eigenvalue weighted by atomic mass is 35.5. The van der Waals surface area contributed by atoms with E-state index in [0.717, 1.165) is 5.56 Å². The molecule has 0 aliphatic carbocycles. The van der Waals surface area contributed by atoms with Gasteiger partial charge in [0.05, 0.1) is 5.02 Å². The van der Waals surface area contributed by atoms with Crippen LogP contribution in [0.1, 0.15) is 26.3 Å². The summed E-state index contributed by atoms with van der Waals surface area (Å²) in [5.74, 6) is -0.522. The molecule has 2 rings (SSSR count). The average molecular weight is 272 g/mol. The number of rotatable bonds is 0. The van der Waals surface area contributed by atoms with Gasteiger partial charge in [0.25, 0.3) is 0 Å². The van der Waals surface area contributed by atoms with Gasteiger partial charge < -0.3 is 0 Å². The Morgan fingerprint density at radius 1 is 1.18 bits per heavy atom. The molecule has 1 heterocycles. The minimum absolute atomic E-state index is 0.0598. The lowest BCUT2D eigenvalue weighted by atomic mass is 9.87. The van der Waals surface area contributed by atoms with Gasteiger partial charge >= 0.3 is 0 Å². The van der Waals surface area contributed by atoms with Gasteiger partial charge in [-0.15, -0.1) is 0 Å². The van der Waals surface area contributed by atoms with Crippen molar-refractivity contribution in [3.05, 3.63) is 39.8 Å². The van der Waals surface area contributed by atoms with Crippen LogP contribution in [0.5, 0.6) is 0 Å². The Morgan fingerprint density at radius 3 is 2.41 bits per heavy atom. The molecule has 0 saturated heterocycles. The van der Waals surface area contributed by atoms with Crippen LogP contribution in [-0.2, 0) is 5.41 Å². The minimum atomic E-state index is -0.522. The second kappa shape index (κ2) is 4.11. The highest BCUT2D eigenvalue weighted by Crippen LogP contribution is 2.32. The number of aromatic nitrogens is 1. The number of hydrogen-bond donors (Lipinski definition) is 0. The van der Waals surface area contributed by atoms with Gasteiger partial charge in [0.1, 0.15) is 10.7 Å². The number of nitrogens with zero attached hydrogens (tertiary/aromatic N) is 1. The monoisotopic (exact) mass is 271 g/mol. The summed E-state index contributed by atoms with van der Waals surface area (Å²) in [4.78, 5) is 4.11. The number of pyridine rings is 1. The smallest absolute Gasteiger partial charge is 0.168 e. The zero-order chi connectivity index (χ0) is 12.8. The molecule has 0 bridgehead atoms. The van der Waals surface area contributed by atoms with Crippen LogP contribution in [0.15, 0.2) is 18.2 Å². The standard InChI is InChI=1S/C13H12Cl2FN/c1-13(2,3)8-6-7-4-5-9(14)10(16)11(7)17-12(8)15/h4-6H,1-3H3. The molecule has 0 atom stereocenters. The zero-order valence-corrected chi connectivity index (χ0v) is 11.3. The first kappa shape index (κ1) is 12.6. The number of benzene rings is 1. The summed E-state index contributed by atoms with van der Waals surface area (Å²) in [5, 5.41) is 1.09. The molecular formula is C13H12Cl2FN. The maximum Gasteiger partial charge on any atom is 0.168 e. The van der Waals surface area contributed by atoms with E-state index >= 15 is 0 Å². The minimum Gasteiger partial charge on any atom is -0.233 e. The maximum absolute atomic E-state index is 13.8. The summed E-state index contributed by atoms with van der Waals surface area (Å²) in [7, 11) is 0. The normalized spacial score (nSPS) is 12.1. The van der Waals surface area contributed by atoms with Crippen LogP contribution >= 0.6 is 23.2 Å².